The van der Waals surface area contributed by atoms with Crippen LogP contribution < -0.4 is 14.8 Å². The highest BCUT2D eigenvalue weighted by Gasteiger charge is 2.19. The Labute approximate surface area is 308 Å². The van der Waals surface area contributed by atoms with E-state index in [1.807, 2.05) is 48.5 Å². The largest absolute Gasteiger partial charge is 0.508 e. The third kappa shape index (κ3) is 11.4. The van der Waals surface area contributed by atoms with Gasteiger partial charge in [0.1, 0.15) is 30.4 Å². The minimum absolute atomic E-state index is 0.103. The molecule has 4 aromatic carbocycles. The summed E-state index contributed by atoms with van der Waals surface area (Å²) in [6.45, 7) is 2.52. The Morgan fingerprint density at radius 2 is 1.77 bits per heavy atom. The molecule has 2 aliphatic rings. The number of phenols is 1. The lowest BCUT2D eigenvalue weighted by molar-refractivity contribution is -0.121. The van der Waals surface area contributed by atoms with Gasteiger partial charge >= 0.3 is 0 Å². The zero-order valence-corrected chi connectivity index (χ0v) is 30.5. The Kier molecular flexibility index (Phi) is 14.6. The maximum atomic E-state index is 13.3. The van der Waals surface area contributed by atoms with Crippen molar-refractivity contribution in [1.29, 1.82) is 0 Å². The summed E-state index contributed by atoms with van der Waals surface area (Å²) in [5.74, 6) is 4.18. The molecule has 0 fully saturated rings. The van der Waals surface area contributed by atoms with E-state index in [0.29, 0.717) is 55.9 Å². The summed E-state index contributed by atoms with van der Waals surface area (Å²) in [6, 6.07) is 23.7. The first kappa shape index (κ1) is 38.5. The van der Waals surface area contributed by atoms with Crippen molar-refractivity contribution in [1.82, 2.24) is 0 Å². The van der Waals surface area contributed by atoms with Crippen LogP contribution in [0, 0.1) is 12.0 Å². The molecule has 6 bridgehead atoms. The van der Waals surface area contributed by atoms with Gasteiger partial charge in [-0.05, 0) is 109 Å². The molecule has 4 aromatic rings. The maximum absolute atomic E-state index is 13.3. The van der Waals surface area contributed by atoms with E-state index < -0.39 is 12.0 Å². The summed E-state index contributed by atoms with van der Waals surface area (Å²) in [4.78, 5) is 13.3. The fourth-order valence-electron chi connectivity index (χ4n) is 6.78. The van der Waals surface area contributed by atoms with E-state index in [-0.39, 0.29) is 30.7 Å². The van der Waals surface area contributed by atoms with Gasteiger partial charge in [0.25, 0.3) is 0 Å². The number of anilines is 1. The summed E-state index contributed by atoms with van der Waals surface area (Å²) in [5.41, 5.74) is 4.91. The van der Waals surface area contributed by atoms with Crippen molar-refractivity contribution in [2.45, 2.75) is 102 Å². The number of carbonyl (C=O) groups is 1. The number of aryl methyl sites for hydroxylation is 2. The number of hydrogen-bond acceptors (Lipinski definition) is 8. The summed E-state index contributed by atoms with van der Waals surface area (Å²) >= 11 is 0. The number of hydrogen-bond donors (Lipinski definition) is 4. The smallest absolute Gasteiger partial charge is 0.161 e. The third-order valence-electron chi connectivity index (χ3n) is 9.62. The standard InChI is InChI=1S/C44H53NO7/c1-31(47)29-45-37-11-8-10-32(26-37)9-6-4-3-5-7-12-39-28-38(48)17-13-33-15-20-42(50-2)43(27-33)52-30-34-14-18-40-36(25-34)16-19-41(49)44(40)35(21-23-46)22-24-51-39/h8,10-11,14-16,18-20,25-27,31,35,39,45-47,49H,3-7,9,12-13,17,21,23,28-30H2,1-2H3/t31-,35-,39+/m0/s1. The van der Waals surface area contributed by atoms with Crippen molar-refractivity contribution in [2.75, 3.05) is 25.6 Å². The van der Waals surface area contributed by atoms with Crippen LogP contribution in [0.4, 0.5) is 5.69 Å². The topological polar surface area (TPSA) is 117 Å². The minimum Gasteiger partial charge on any atom is -0.508 e. The van der Waals surface area contributed by atoms with E-state index in [1.54, 1.807) is 20.1 Å². The molecule has 0 spiro atoms. The number of Topliss-reactive ketones (excluding diaryl/α,β-unsaturated/α-hetero) is 1. The average molecular weight is 708 g/mol. The van der Waals surface area contributed by atoms with E-state index >= 15 is 0 Å². The number of aliphatic hydroxyl groups is 2. The number of ether oxygens (including phenoxy) is 3. The number of phenolic OH excluding ortho intramolecular Hbond substituents is 1. The number of benzene rings is 4. The second-order valence-corrected chi connectivity index (χ2v) is 13.9. The van der Waals surface area contributed by atoms with Gasteiger partial charge in [0.15, 0.2) is 11.5 Å². The van der Waals surface area contributed by atoms with Gasteiger partial charge in [-0.1, -0.05) is 61.6 Å². The number of carbonyl (C=O) groups excluding carboxylic acids is 1. The number of unbranched alkanes of at least 4 members (excludes halogenated alkanes) is 4. The van der Waals surface area contributed by atoms with E-state index in [2.05, 4.69) is 35.5 Å². The fraction of sp³-hybridized carbons (Fsp3) is 0.432. The van der Waals surface area contributed by atoms with Crippen LogP contribution in [0.1, 0.15) is 92.9 Å². The predicted molar refractivity (Wildman–Crippen MR) is 206 cm³/mol. The van der Waals surface area contributed by atoms with Crippen molar-refractivity contribution in [2.24, 2.45) is 0 Å². The highest BCUT2D eigenvalue weighted by molar-refractivity contribution is 5.89. The zero-order valence-electron chi connectivity index (χ0n) is 30.5. The molecule has 0 amide bonds. The van der Waals surface area contributed by atoms with E-state index in [9.17, 15) is 20.1 Å². The molecule has 52 heavy (non-hydrogen) atoms. The summed E-state index contributed by atoms with van der Waals surface area (Å²) in [7, 11) is 1.61. The molecule has 2 aliphatic heterocycles. The Balaban J connectivity index is 1.26. The molecular weight excluding hydrogens is 654 g/mol. The van der Waals surface area contributed by atoms with Crippen LogP contribution >= 0.6 is 0 Å². The molecule has 0 saturated carbocycles. The van der Waals surface area contributed by atoms with Gasteiger partial charge < -0.3 is 34.8 Å². The van der Waals surface area contributed by atoms with Crippen LogP contribution in [0.2, 0.25) is 0 Å². The lowest BCUT2D eigenvalue weighted by atomic mass is 9.90. The molecule has 0 unspecified atom stereocenters. The Bertz CT molecular complexity index is 1820. The molecule has 0 radical (unpaired) electrons. The first-order chi connectivity index (χ1) is 25.3. The quantitative estimate of drug-likeness (QED) is 0.0765. The lowest BCUT2D eigenvalue weighted by Gasteiger charge is -2.17. The minimum atomic E-state index is -0.463. The third-order valence-corrected chi connectivity index (χ3v) is 9.62. The molecule has 276 valence electrons. The number of aromatic hydroxyl groups is 1. The number of ketones is 1. The van der Waals surface area contributed by atoms with E-state index in [4.69, 9.17) is 14.2 Å². The molecule has 0 aliphatic carbocycles. The Hall–Kier alpha value is -4.71. The molecule has 4 N–H and O–H groups in total. The molecule has 8 nitrogen and oxygen atoms in total. The van der Waals surface area contributed by atoms with Gasteiger partial charge in [-0.25, -0.2) is 0 Å². The van der Waals surface area contributed by atoms with Crippen molar-refractivity contribution in [3.05, 3.63) is 95.1 Å². The summed E-state index contributed by atoms with van der Waals surface area (Å²) in [5, 5.41) is 35.5. The van der Waals surface area contributed by atoms with Gasteiger partial charge in [-0.2, -0.15) is 0 Å². The number of rotatable bonds is 14. The number of methoxy groups -OCH3 is 1. The van der Waals surface area contributed by atoms with Crippen LogP contribution in [0.5, 0.6) is 17.2 Å². The average Bonchev–Trinajstić information content (AvgIpc) is 3.14. The van der Waals surface area contributed by atoms with Crippen LogP contribution in [-0.4, -0.2) is 53.6 Å². The van der Waals surface area contributed by atoms with E-state index in [1.165, 1.54) is 5.56 Å². The summed E-state index contributed by atoms with van der Waals surface area (Å²) in [6.07, 6.45) is 10.7. The monoisotopic (exact) mass is 707 g/mol. The Morgan fingerprint density at radius 3 is 2.60 bits per heavy atom. The number of nitrogens with one attached hydrogen (secondary N) is 1. The second-order valence-electron chi connectivity index (χ2n) is 13.9. The maximum Gasteiger partial charge on any atom is 0.161 e. The number of aliphatic hydroxyl groups excluding tert-OH is 2. The highest BCUT2D eigenvalue weighted by atomic mass is 16.5. The predicted octanol–water partition coefficient (Wildman–Crippen LogP) is 8.23. The molecule has 6 rings (SSSR count). The van der Waals surface area contributed by atoms with E-state index in [0.717, 1.165) is 66.1 Å². The first-order valence-corrected chi connectivity index (χ1v) is 18.7. The Morgan fingerprint density at radius 1 is 0.942 bits per heavy atom. The van der Waals surface area contributed by atoms with Crippen molar-refractivity contribution >= 4 is 22.2 Å². The highest BCUT2D eigenvalue weighted by Crippen LogP contribution is 2.36. The summed E-state index contributed by atoms with van der Waals surface area (Å²) < 4.78 is 17.9. The van der Waals surface area contributed by atoms with Crippen molar-refractivity contribution in [3.8, 4) is 29.3 Å². The van der Waals surface area contributed by atoms with Crippen LogP contribution in [0.25, 0.3) is 10.8 Å². The molecule has 3 atom stereocenters. The SMILES string of the molecule is COc1ccc2cc1OCc1ccc3c(c(O)ccc3c1)[C@@H](CCO)C#CO[C@H](CCCCCCCc1cccc(NC[C@H](C)O)c1)CC(=O)CC2. The molecular formula is C44H53NO7. The van der Waals surface area contributed by atoms with Gasteiger partial charge in [0.2, 0.25) is 0 Å². The molecule has 2 heterocycles. The lowest BCUT2D eigenvalue weighted by Crippen LogP contribution is -2.17. The van der Waals surface area contributed by atoms with Crippen LogP contribution in [0.15, 0.2) is 72.8 Å². The van der Waals surface area contributed by atoms with Crippen LogP contribution in [-0.2, 0) is 29.0 Å². The van der Waals surface area contributed by atoms with Crippen molar-refractivity contribution in [3.63, 3.8) is 0 Å². The van der Waals surface area contributed by atoms with Gasteiger partial charge in [-0.3, -0.25) is 4.79 Å². The molecule has 8 heteroatoms. The molecule has 0 aromatic heterocycles. The molecule has 0 saturated heterocycles. The fourth-order valence-corrected chi connectivity index (χ4v) is 6.78. The van der Waals surface area contributed by atoms with Gasteiger partial charge in [0.05, 0.1) is 19.1 Å². The van der Waals surface area contributed by atoms with Crippen LogP contribution in [0.3, 0.4) is 0 Å². The zero-order chi connectivity index (χ0) is 36.7. The normalized spacial score (nSPS) is 16.9. The second kappa shape index (κ2) is 19.8. The number of fused-ring (bicyclic) bond motifs is 9. The van der Waals surface area contributed by atoms with Crippen molar-refractivity contribution < 1.29 is 34.3 Å². The van der Waals surface area contributed by atoms with Gasteiger partial charge in [0, 0.05) is 37.2 Å². The van der Waals surface area contributed by atoms with Gasteiger partial charge in [-0.15, -0.1) is 0 Å². The first-order valence-electron chi connectivity index (χ1n) is 18.7.